The van der Waals surface area contributed by atoms with Crippen LogP contribution in [0.25, 0.3) is 10.9 Å². The molecule has 2 N–H and O–H groups in total. The zero-order valence-electron chi connectivity index (χ0n) is 11.2. The molecule has 1 saturated carbocycles. The van der Waals surface area contributed by atoms with Crippen LogP contribution in [0.15, 0.2) is 36.4 Å². The van der Waals surface area contributed by atoms with Crippen molar-refractivity contribution in [2.75, 3.05) is 5.32 Å². The zero-order valence-corrected chi connectivity index (χ0v) is 11.2. The molecule has 4 nitrogen and oxygen atoms in total. The highest BCUT2D eigenvalue weighted by molar-refractivity contribution is 5.80. The number of aromatic nitrogens is 1. The molecule has 1 heterocycles. The minimum Gasteiger partial charge on any atom is -0.481 e. The number of aliphatic carboxylic acids is 1. The van der Waals surface area contributed by atoms with E-state index in [4.69, 9.17) is 5.11 Å². The van der Waals surface area contributed by atoms with E-state index in [2.05, 4.69) is 10.3 Å². The molecular formula is C16H18N2O2. The molecule has 1 aromatic heterocycles. The van der Waals surface area contributed by atoms with E-state index in [1.165, 1.54) is 0 Å². The summed E-state index contributed by atoms with van der Waals surface area (Å²) in [5, 5.41) is 13.6. The largest absolute Gasteiger partial charge is 0.481 e. The molecule has 0 radical (unpaired) electrons. The summed E-state index contributed by atoms with van der Waals surface area (Å²) in [6.45, 7) is 0. The fraction of sp³-hybridized carbons (Fsp3) is 0.375. The van der Waals surface area contributed by atoms with Crippen molar-refractivity contribution in [1.29, 1.82) is 0 Å². The van der Waals surface area contributed by atoms with Gasteiger partial charge in [0.05, 0.1) is 11.4 Å². The topological polar surface area (TPSA) is 62.2 Å². The average Bonchev–Trinajstić information content (AvgIpc) is 2.47. The Morgan fingerprint density at radius 2 is 2.05 bits per heavy atom. The van der Waals surface area contributed by atoms with E-state index < -0.39 is 5.97 Å². The molecule has 2 aromatic rings. The summed E-state index contributed by atoms with van der Waals surface area (Å²) in [6.07, 6.45) is 3.45. The molecule has 0 saturated heterocycles. The Kier molecular flexibility index (Phi) is 3.54. The van der Waals surface area contributed by atoms with Gasteiger partial charge in [0.1, 0.15) is 5.82 Å². The summed E-state index contributed by atoms with van der Waals surface area (Å²) in [5.41, 5.74) is 0.961. The van der Waals surface area contributed by atoms with E-state index in [0.29, 0.717) is 6.42 Å². The number of carboxylic acid groups (broad SMARTS) is 1. The van der Waals surface area contributed by atoms with Crippen molar-refractivity contribution in [3.63, 3.8) is 0 Å². The number of benzene rings is 1. The lowest BCUT2D eigenvalue weighted by molar-refractivity contribution is -0.142. The second-order valence-corrected chi connectivity index (χ2v) is 5.43. The van der Waals surface area contributed by atoms with Crippen molar-refractivity contribution < 1.29 is 9.90 Å². The fourth-order valence-electron chi connectivity index (χ4n) is 2.90. The van der Waals surface area contributed by atoms with Crippen molar-refractivity contribution >= 4 is 22.7 Å². The van der Waals surface area contributed by atoms with Gasteiger partial charge in [-0.2, -0.15) is 0 Å². The van der Waals surface area contributed by atoms with Gasteiger partial charge < -0.3 is 10.4 Å². The summed E-state index contributed by atoms with van der Waals surface area (Å²) in [6, 6.07) is 12.2. The number of hydrogen-bond donors (Lipinski definition) is 2. The Morgan fingerprint density at radius 1 is 1.20 bits per heavy atom. The van der Waals surface area contributed by atoms with Crippen molar-refractivity contribution in [2.24, 2.45) is 5.92 Å². The normalized spacial score (nSPS) is 22.6. The van der Waals surface area contributed by atoms with E-state index in [-0.39, 0.29) is 12.0 Å². The fourth-order valence-corrected chi connectivity index (χ4v) is 2.90. The second-order valence-electron chi connectivity index (χ2n) is 5.43. The summed E-state index contributed by atoms with van der Waals surface area (Å²) in [4.78, 5) is 15.7. The Hall–Kier alpha value is -2.10. The highest BCUT2D eigenvalue weighted by Gasteiger charge is 2.26. The van der Waals surface area contributed by atoms with Crippen LogP contribution >= 0.6 is 0 Å². The maximum absolute atomic E-state index is 11.1. The maximum Gasteiger partial charge on any atom is 0.306 e. The van der Waals surface area contributed by atoms with Gasteiger partial charge in [-0.25, -0.2) is 4.98 Å². The van der Waals surface area contributed by atoms with E-state index in [1.54, 1.807) is 0 Å². The highest BCUT2D eigenvalue weighted by Crippen LogP contribution is 2.27. The number of rotatable bonds is 3. The van der Waals surface area contributed by atoms with E-state index in [9.17, 15) is 4.79 Å². The Morgan fingerprint density at radius 3 is 2.90 bits per heavy atom. The third-order valence-electron chi connectivity index (χ3n) is 3.97. The highest BCUT2D eigenvalue weighted by atomic mass is 16.4. The molecule has 3 rings (SSSR count). The number of fused-ring (bicyclic) bond motifs is 1. The van der Waals surface area contributed by atoms with E-state index >= 15 is 0 Å². The van der Waals surface area contributed by atoms with Crippen LogP contribution in [0.3, 0.4) is 0 Å². The van der Waals surface area contributed by atoms with Gasteiger partial charge in [-0.05, 0) is 37.5 Å². The van der Waals surface area contributed by atoms with Crippen LogP contribution in [0.5, 0.6) is 0 Å². The molecule has 20 heavy (non-hydrogen) atoms. The summed E-state index contributed by atoms with van der Waals surface area (Å²) < 4.78 is 0. The molecule has 0 amide bonds. The molecule has 2 atom stereocenters. The molecule has 1 aliphatic carbocycles. The predicted molar refractivity (Wildman–Crippen MR) is 78.7 cm³/mol. The van der Waals surface area contributed by atoms with Gasteiger partial charge in [-0.1, -0.05) is 24.6 Å². The third kappa shape index (κ3) is 2.74. The third-order valence-corrected chi connectivity index (χ3v) is 3.97. The number of hydrogen-bond acceptors (Lipinski definition) is 3. The standard InChI is InChI=1S/C16H18N2O2/c19-16(20)12-5-3-6-13(10-12)17-15-9-8-11-4-1-2-7-14(11)18-15/h1-2,4,7-9,12-13H,3,5-6,10H2,(H,17,18)(H,19,20). The number of pyridine rings is 1. The zero-order chi connectivity index (χ0) is 13.9. The van der Waals surface area contributed by atoms with Crippen molar-refractivity contribution in [2.45, 2.75) is 31.7 Å². The smallest absolute Gasteiger partial charge is 0.306 e. The quantitative estimate of drug-likeness (QED) is 0.898. The summed E-state index contributed by atoms with van der Waals surface area (Å²) in [7, 11) is 0. The molecule has 2 unspecified atom stereocenters. The second kappa shape index (κ2) is 5.49. The van der Waals surface area contributed by atoms with Crippen LogP contribution in [0, 0.1) is 5.92 Å². The van der Waals surface area contributed by atoms with E-state index in [1.807, 2.05) is 36.4 Å². The molecule has 0 aliphatic heterocycles. The first-order valence-corrected chi connectivity index (χ1v) is 7.07. The SMILES string of the molecule is O=C(O)C1CCCC(Nc2ccc3ccccc3n2)C1. The first-order valence-electron chi connectivity index (χ1n) is 7.07. The van der Waals surface area contributed by atoms with Crippen LogP contribution in [-0.2, 0) is 4.79 Å². The molecule has 1 fully saturated rings. The predicted octanol–water partition coefficient (Wildman–Crippen LogP) is 3.29. The number of carboxylic acids is 1. The van der Waals surface area contributed by atoms with Gasteiger partial charge in [0.2, 0.25) is 0 Å². The first kappa shape index (κ1) is 12.9. The molecular weight excluding hydrogens is 252 g/mol. The van der Waals surface area contributed by atoms with Crippen LogP contribution in [0.2, 0.25) is 0 Å². The maximum atomic E-state index is 11.1. The van der Waals surface area contributed by atoms with Crippen molar-refractivity contribution in [3.05, 3.63) is 36.4 Å². The Bertz CT molecular complexity index is 627. The summed E-state index contributed by atoms with van der Waals surface area (Å²) in [5.74, 6) is -0.0654. The Balaban J connectivity index is 1.74. The van der Waals surface area contributed by atoms with Gasteiger partial charge in [-0.3, -0.25) is 4.79 Å². The first-order chi connectivity index (χ1) is 9.72. The van der Waals surface area contributed by atoms with Crippen LogP contribution in [-0.4, -0.2) is 22.1 Å². The van der Waals surface area contributed by atoms with Gasteiger partial charge in [0, 0.05) is 11.4 Å². The molecule has 1 aromatic carbocycles. The minimum atomic E-state index is -0.678. The molecule has 104 valence electrons. The van der Waals surface area contributed by atoms with Crippen LogP contribution in [0.4, 0.5) is 5.82 Å². The van der Waals surface area contributed by atoms with Crippen LogP contribution < -0.4 is 5.32 Å². The van der Waals surface area contributed by atoms with Crippen molar-refractivity contribution in [3.8, 4) is 0 Å². The number of para-hydroxylation sites is 1. The number of nitrogens with zero attached hydrogens (tertiary/aromatic N) is 1. The minimum absolute atomic E-state index is 0.207. The van der Waals surface area contributed by atoms with Crippen LogP contribution in [0.1, 0.15) is 25.7 Å². The number of anilines is 1. The number of carbonyl (C=O) groups is 1. The van der Waals surface area contributed by atoms with Gasteiger partial charge in [-0.15, -0.1) is 0 Å². The Labute approximate surface area is 117 Å². The van der Waals surface area contributed by atoms with Gasteiger partial charge in [0.25, 0.3) is 0 Å². The molecule has 1 aliphatic rings. The molecule has 4 heteroatoms. The van der Waals surface area contributed by atoms with E-state index in [0.717, 1.165) is 36.0 Å². The van der Waals surface area contributed by atoms with Gasteiger partial charge >= 0.3 is 5.97 Å². The number of nitrogens with one attached hydrogen (secondary N) is 1. The lowest BCUT2D eigenvalue weighted by atomic mass is 9.86. The van der Waals surface area contributed by atoms with Crippen molar-refractivity contribution in [1.82, 2.24) is 4.98 Å². The van der Waals surface area contributed by atoms with Gasteiger partial charge in [0.15, 0.2) is 0 Å². The molecule has 0 bridgehead atoms. The lowest BCUT2D eigenvalue weighted by Gasteiger charge is -2.27. The summed E-state index contributed by atoms with van der Waals surface area (Å²) >= 11 is 0. The molecule has 0 spiro atoms. The average molecular weight is 270 g/mol. The monoisotopic (exact) mass is 270 g/mol. The lowest BCUT2D eigenvalue weighted by Crippen LogP contribution is -2.31.